The van der Waals surface area contributed by atoms with E-state index >= 15 is 0 Å². The smallest absolute Gasteiger partial charge is 0.326 e. The molecular weight excluding hydrogens is 414 g/mol. The Balaban J connectivity index is 5.38. The molecule has 0 aromatic heterocycles. The van der Waals surface area contributed by atoms with Crippen LogP contribution in [0.1, 0.15) is 38.5 Å². The molecule has 3 unspecified atom stereocenters. The molecule has 0 fully saturated rings. The maximum absolute atomic E-state index is 12.6. The van der Waals surface area contributed by atoms with E-state index in [1.165, 1.54) is 0 Å². The van der Waals surface area contributed by atoms with Gasteiger partial charge in [-0.3, -0.25) is 24.0 Å². The Labute approximate surface area is 178 Å². The molecular formula is C17H31N7O7. The topological polar surface area (TPSA) is 263 Å². The number of unbranched alkanes of at least 4 members (excludes halogenated alkanes) is 1. The number of carboxylic acid groups (broad SMARTS) is 1. The molecule has 12 N–H and O–H groups in total. The van der Waals surface area contributed by atoms with Gasteiger partial charge >= 0.3 is 5.97 Å². The van der Waals surface area contributed by atoms with E-state index in [0.717, 1.165) is 0 Å². The number of amides is 5. The highest BCUT2D eigenvalue weighted by Gasteiger charge is 2.30. The maximum atomic E-state index is 12.6. The van der Waals surface area contributed by atoms with Crippen LogP contribution in [0, 0.1) is 0 Å². The van der Waals surface area contributed by atoms with Crippen LogP contribution < -0.4 is 38.9 Å². The Morgan fingerprint density at radius 3 is 1.81 bits per heavy atom. The number of nitrogens with two attached hydrogens (primary N) is 4. The fraction of sp³-hybridized carbons (Fsp3) is 0.647. The van der Waals surface area contributed by atoms with E-state index in [4.69, 9.17) is 22.9 Å². The highest BCUT2D eigenvalue weighted by atomic mass is 16.4. The summed E-state index contributed by atoms with van der Waals surface area (Å²) in [5, 5.41) is 16.1. The molecule has 0 aliphatic rings. The quantitative estimate of drug-likeness (QED) is 0.107. The molecule has 0 spiro atoms. The maximum Gasteiger partial charge on any atom is 0.326 e. The second kappa shape index (κ2) is 14.7. The van der Waals surface area contributed by atoms with Gasteiger partial charge in [-0.1, -0.05) is 0 Å². The summed E-state index contributed by atoms with van der Waals surface area (Å²) in [4.78, 5) is 70.2. The molecule has 0 saturated heterocycles. The molecule has 176 valence electrons. The second-order valence-electron chi connectivity index (χ2n) is 6.74. The molecule has 0 radical (unpaired) electrons. The molecule has 31 heavy (non-hydrogen) atoms. The molecule has 3 atom stereocenters. The summed E-state index contributed by atoms with van der Waals surface area (Å²) in [7, 11) is 0. The summed E-state index contributed by atoms with van der Waals surface area (Å²) < 4.78 is 0. The molecule has 0 aromatic carbocycles. The van der Waals surface area contributed by atoms with Crippen LogP contribution in [0.2, 0.25) is 0 Å². The number of rotatable bonds is 16. The first-order valence-corrected chi connectivity index (χ1v) is 9.61. The molecule has 0 heterocycles. The average Bonchev–Trinajstić information content (AvgIpc) is 2.68. The molecule has 0 bridgehead atoms. The highest BCUT2D eigenvalue weighted by Crippen LogP contribution is 2.05. The van der Waals surface area contributed by atoms with Crippen LogP contribution in [0.15, 0.2) is 0 Å². The number of carbonyl (C=O) groups excluding carboxylic acids is 5. The number of hydrogen-bond acceptors (Lipinski definition) is 8. The van der Waals surface area contributed by atoms with Crippen LogP contribution in [0.5, 0.6) is 0 Å². The standard InChI is InChI=1S/C17H31N7O7/c18-6-2-1-3-9(15(28)24-10(17(30)31)4-5-12(20)25)23-16(29)11(7-13(21)26)22-14(27)8-19/h9-11H,1-8,18-19H2,(H2,20,25)(H2,21,26)(H,22,27)(H,23,29)(H,24,28)(H,30,31). The van der Waals surface area contributed by atoms with E-state index in [1.807, 2.05) is 0 Å². The van der Waals surface area contributed by atoms with Gasteiger partial charge in [-0.2, -0.15) is 0 Å². The average molecular weight is 445 g/mol. The number of primary amides is 2. The lowest BCUT2D eigenvalue weighted by atomic mass is 10.1. The van der Waals surface area contributed by atoms with Gasteiger partial charge in [0.05, 0.1) is 13.0 Å². The Morgan fingerprint density at radius 2 is 1.32 bits per heavy atom. The first kappa shape index (κ1) is 27.7. The zero-order chi connectivity index (χ0) is 24.0. The van der Waals surface area contributed by atoms with E-state index in [0.29, 0.717) is 19.4 Å². The summed E-state index contributed by atoms with van der Waals surface area (Å²) in [6, 6.07) is -3.98. The first-order valence-electron chi connectivity index (χ1n) is 9.61. The monoisotopic (exact) mass is 445 g/mol. The molecule has 0 aliphatic heterocycles. The van der Waals surface area contributed by atoms with Crippen molar-refractivity contribution in [3.8, 4) is 0 Å². The van der Waals surface area contributed by atoms with Crippen LogP contribution in [-0.4, -0.2) is 71.8 Å². The fourth-order valence-electron chi connectivity index (χ4n) is 2.51. The van der Waals surface area contributed by atoms with Gasteiger partial charge in [0, 0.05) is 6.42 Å². The summed E-state index contributed by atoms with van der Waals surface area (Å²) in [6.45, 7) is -0.112. The lowest BCUT2D eigenvalue weighted by Crippen LogP contribution is -2.56. The predicted octanol–water partition coefficient (Wildman–Crippen LogP) is -4.25. The number of carboxylic acids is 1. The molecule has 5 amide bonds. The van der Waals surface area contributed by atoms with Crippen molar-refractivity contribution < 1.29 is 33.9 Å². The minimum atomic E-state index is -1.41. The van der Waals surface area contributed by atoms with Crippen molar-refractivity contribution in [2.75, 3.05) is 13.1 Å². The summed E-state index contributed by atoms with van der Waals surface area (Å²) in [5.41, 5.74) is 20.7. The number of nitrogens with one attached hydrogen (secondary N) is 3. The zero-order valence-corrected chi connectivity index (χ0v) is 17.1. The van der Waals surface area contributed by atoms with Gasteiger partial charge in [0.2, 0.25) is 29.5 Å². The van der Waals surface area contributed by atoms with Gasteiger partial charge in [-0.15, -0.1) is 0 Å². The Morgan fingerprint density at radius 1 is 0.742 bits per heavy atom. The van der Waals surface area contributed by atoms with Gasteiger partial charge in [0.25, 0.3) is 0 Å². The Bertz CT molecular complexity index is 671. The SMILES string of the molecule is NCCCCC(NC(=O)C(CC(N)=O)NC(=O)CN)C(=O)NC(CCC(N)=O)C(=O)O. The van der Waals surface area contributed by atoms with E-state index in [1.54, 1.807) is 0 Å². The third-order valence-electron chi connectivity index (χ3n) is 4.12. The molecule has 0 aromatic rings. The normalized spacial score (nSPS) is 13.4. The lowest BCUT2D eigenvalue weighted by Gasteiger charge is -2.24. The second-order valence-corrected chi connectivity index (χ2v) is 6.74. The Hall–Kier alpha value is -3.26. The predicted molar refractivity (Wildman–Crippen MR) is 108 cm³/mol. The third kappa shape index (κ3) is 12.1. The molecule has 14 nitrogen and oxygen atoms in total. The highest BCUT2D eigenvalue weighted by molar-refractivity contribution is 5.95. The zero-order valence-electron chi connectivity index (χ0n) is 17.1. The summed E-state index contributed by atoms with van der Waals surface area (Å²) in [6.07, 6.45) is 0.00195. The van der Waals surface area contributed by atoms with Crippen LogP contribution in [0.25, 0.3) is 0 Å². The van der Waals surface area contributed by atoms with Crippen molar-refractivity contribution in [3.05, 3.63) is 0 Å². The number of carbonyl (C=O) groups is 6. The van der Waals surface area contributed by atoms with Crippen LogP contribution in [0.4, 0.5) is 0 Å². The minimum absolute atomic E-state index is 0.102. The molecule has 14 heteroatoms. The van der Waals surface area contributed by atoms with E-state index < -0.39 is 66.6 Å². The van der Waals surface area contributed by atoms with Crippen LogP contribution >= 0.6 is 0 Å². The number of aliphatic carboxylic acids is 1. The minimum Gasteiger partial charge on any atom is -0.480 e. The summed E-state index contributed by atoms with van der Waals surface area (Å²) >= 11 is 0. The molecule has 0 rings (SSSR count). The van der Waals surface area contributed by atoms with Crippen molar-refractivity contribution >= 4 is 35.5 Å². The van der Waals surface area contributed by atoms with Crippen LogP contribution in [-0.2, 0) is 28.8 Å². The van der Waals surface area contributed by atoms with E-state index in [9.17, 15) is 33.9 Å². The number of hydrogen-bond donors (Lipinski definition) is 8. The van der Waals surface area contributed by atoms with Crippen LogP contribution in [0.3, 0.4) is 0 Å². The van der Waals surface area contributed by atoms with Gasteiger partial charge < -0.3 is 44.0 Å². The molecule has 0 saturated carbocycles. The van der Waals surface area contributed by atoms with Crippen molar-refractivity contribution in [2.24, 2.45) is 22.9 Å². The van der Waals surface area contributed by atoms with Gasteiger partial charge in [0.1, 0.15) is 18.1 Å². The lowest BCUT2D eigenvalue weighted by molar-refractivity contribution is -0.142. The van der Waals surface area contributed by atoms with Gasteiger partial charge in [0.15, 0.2) is 0 Å². The van der Waals surface area contributed by atoms with E-state index in [2.05, 4.69) is 16.0 Å². The van der Waals surface area contributed by atoms with Crippen molar-refractivity contribution in [3.63, 3.8) is 0 Å². The van der Waals surface area contributed by atoms with Gasteiger partial charge in [-0.05, 0) is 32.2 Å². The van der Waals surface area contributed by atoms with Gasteiger partial charge in [-0.25, -0.2) is 4.79 Å². The third-order valence-corrected chi connectivity index (χ3v) is 4.12. The first-order chi connectivity index (χ1) is 14.5. The Kier molecular flexibility index (Phi) is 13.1. The molecule has 0 aliphatic carbocycles. The fourth-order valence-corrected chi connectivity index (χ4v) is 2.51. The van der Waals surface area contributed by atoms with E-state index in [-0.39, 0.29) is 19.3 Å². The van der Waals surface area contributed by atoms with Crippen molar-refractivity contribution in [1.29, 1.82) is 0 Å². The summed E-state index contributed by atoms with van der Waals surface area (Å²) in [5.74, 6) is -5.42. The largest absolute Gasteiger partial charge is 0.480 e. The van der Waals surface area contributed by atoms with Crippen molar-refractivity contribution in [1.82, 2.24) is 16.0 Å². The van der Waals surface area contributed by atoms with Crippen molar-refractivity contribution in [2.45, 2.75) is 56.7 Å².